The zero-order valence-corrected chi connectivity index (χ0v) is 12.0. The second-order valence-electron chi connectivity index (χ2n) is 4.50. The molecule has 20 heavy (non-hydrogen) atoms. The highest BCUT2D eigenvalue weighted by atomic mass is 32.2. The molecule has 0 saturated carbocycles. The molecular formula is C15H14O4S. The molecule has 5 heteroatoms. The number of hydrogen-bond donors (Lipinski definition) is 0. The molecule has 104 valence electrons. The summed E-state index contributed by atoms with van der Waals surface area (Å²) in [5.41, 5.74) is 1.29. The Balaban J connectivity index is 2.18. The largest absolute Gasteiger partial charge is 0.423 e. The first kappa shape index (κ1) is 14.3. The maximum Gasteiger partial charge on any atom is 0.343 e. The monoisotopic (exact) mass is 290 g/mol. The van der Waals surface area contributed by atoms with Crippen molar-refractivity contribution in [2.45, 2.75) is 11.8 Å². The third kappa shape index (κ3) is 3.45. The van der Waals surface area contributed by atoms with Crippen LogP contribution in [0.2, 0.25) is 0 Å². The molecule has 0 aliphatic carbocycles. The van der Waals surface area contributed by atoms with Crippen molar-refractivity contribution in [2.24, 2.45) is 0 Å². The van der Waals surface area contributed by atoms with Crippen molar-refractivity contribution >= 4 is 15.8 Å². The molecule has 0 bridgehead atoms. The summed E-state index contributed by atoms with van der Waals surface area (Å²) in [6.07, 6.45) is 1.12. The lowest BCUT2D eigenvalue weighted by Gasteiger charge is -2.05. The van der Waals surface area contributed by atoms with Gasteiger partial charge in [0, 0.05) is 6.26 Å². The molecule has 0 unspecified atom stereocenters. The van der Waals surface area contributed by atoms with Gasteiger partial charge in [0.2, 0.25) is 0 Å². The van der Waals surface area contributed by atoms with Gasteiger partial charge in [-0.25, -0.2) is 13.2 Å². The number of sulfone groups is 1. The van der Waals surface area contributed by atoms with E-state index in [0.29, 0.717) is 11.3 Å². The van der Waals surface area contributed by atoms with Crippen LogP contribution in [0.25, 0.3) is 0 Å². The molecule has 2 aromatic rings. The standard InChI is InChI=1S/C15H14O4S/c1-11-4-3-5-13(10-11)19-15(16)12-6-8-14(9-7-12)20(2,17)18/h3-10H,1-2H3. The molecule has 0 aliphatic heterocycles. The summed E-state index contributed by atoms with van der Waals surface area (Å²) >= 11 is 0. The molecule has 0 atom stereocenters. The van der Waals surface area contributed by atoms with Gasteiger partial charge >= 0.3 is 5.97 Å². The Kier molecular flexibility index (Phi) is 3.90. The molecule has 0 aliphatic rings. The number of hydrogen-bond acceptors (Lipinski definition) is 4. The minimum atomic E-state index is -3.26. The lowest BCUT2D eigenvalue weighted by Crippen LogP contribution is -2.09. The van der Waals surface area contributed by atoms with Crippen molar-refractivity contribution in [3.63, 3.8) is 0 Å². The van der Waals surface area contributed by atoms with Gasteiger partial charge in [0.25, 0.3) is 0 Å². The van der Waals surface area contributed by atoms with Crippen LogP contribution in [0.15, 0.2) is 53.4 Å². The van der Waals surface area contributed by atoms with E-state index in [-0.39, 0.29) is 4.90 Å². The summed E-state index contributed by atoms with van der Waals surface area (Å²) in [4.78, 5) is 12.1. The second-order valence-corrected chi connectivity index (χ2v) is 6.52. The normalized spacial score (nSPS) is 11.1. The molecule has 0 heterocycles. The van der Waals surface area contributed by atoms with Gasteiger partial charge in [0.05, 0.1) is 10.5 Å². The van der Waals surface area contributed by atoms with E-state index in [1.165, 1.54) is 24.3 Å². The molecule has 0 amide bonds. The zero-order chi connectivity index (χ0) is 14.8. The first-order valence-electron chi connectivity index (χ1n) is 5.95. The number of carbonyl (C=O) groups excluding carboxylic acids is 1. The smallest absolute Gasteiger partial charge is 0.343 e. The SMILES string of the molecule is Cc1cccc(OC(=O)c2ccc(S(C)(=O)=O)cc2)c1. The Morgan fingerprint density at radius 1 is 1.05 bits per heavy atom. The van der Waals surface area contributed by atoms with E-state index in [1.54, 1.807) is 18.2 Å². The maximum absolute atomic E-state index is 11.9. The van der Waals surface area contributed by atoms with Crippen molar-refractivity contribution in [3.8, 4) is 5.75 Å². The molecular weight excluding hydrogens is 276 g/mol. The highest BCUT2D eigenvalue weighted by Crippen LogP contribution is 2.16. The predicted octanol–water partition coefficient (Wildman–Crippen LogP) is 2.62. The molecule has 0 radical (unpaired) electrons. The molecule has 0 spiro atoms. The van der Waals surface area contributed by atoms with E-state index in [4.69, 9.17) is 4.74 Å². The second kappa shape index (κ2) is 5.46. The molecule has 0 aromatic heterocycles. The van der Waals surface area contributed by atoms with Gasteiger partial charge in [-0.15, -0.1) is 0 Å². The van der Waals surface area contributed by atoms with Crippen LogP contribution in [0, 0.1) is 6.92 Å². The molecule has 4 nitrogen and oxygen atoms in total. The fourth-order valence-electron chi connectivity index (χ4n) is 1.68. The van der Waals surface area contributed by atoms with Crippen LogP contribution in [0.1, 0.15) is 15.9 Å². The van der Waals surface area contributed by atoms with Gasteiger partial charge in [0.1, 0.15) is 5.75 Å². The van der Waals surface area contributed by atoms with Crippen molar-refractivity contribution in [3.05, 3.63) is 59.7 Å². The number of carbonyl (C=O) groups is 1. The van der Waals surface area contributed by atoms with Gasteiger partial charge in [-0.1, -0.05) is 12.1 Å². The highest BCUT2D eigenvalue weighted by molar-refractivity contribution is 7.90. The highest BCUT2D eigenvalue weighted by Gasteiger charge is 2.11. The summed E-state index contributed by atoms with van der Waals surface area (Å²) in [6, 6.07) is 12.8. The Morgan fingerprint density at radius 3 is 2.25 bits per heavy atom. The predicted molar refractivity (Wildman–Crippen MR) is 75.7 cm³/mol. The van der Waals surface area contributed by atoms with Crippen molar-refractivity contribution < 1.29 is 17.9 Å². The summed E-state index contributed by atoms with van der Waals surface area (Å²) in [7, 11) is -3.26. The minimum Gasteiger partial charge on any atom is -0.423 e. The van der Waals surface area contributed by atoms with Gasteiger partial charge in [-0.3, -0.25) is 0 Å². The number of esters is 1. The molecule has 0 N–H and O–H groups in total. The minimum absolute atomic E-state index is 0.171. The molecule has 2 rings (SSSR count). The van der Waals surface area contributed by atoms with E-state index < -0.39 is 15.8 Å². The Bertz CT molecular complexity index is 731. The molecule has 0 fully saturated rings. The lowest BCUT2D eigenvalue weighted by atomic mass is 10.2. The average molecular weight is 290 g/mol. The number of benzene rings is 2. The Hall–Kier alpha value is -2.14. The summed E-state index contributed by atoms with van der Waals surface area (Å²) in [5, 5.41) is 0. The lowest BCUT2D eigenvalue weighted by molar-refractivity contribution is 0.0734. The van der Waals surface area contributed by atoms with Crippen LogP contribution in [0.4, 0.5) is 0 Å². The fourth-order valence-corrected chi connectivity index (χ4v) is 2.31. The first-order valence-corrected chi connectivity index (χ1v) is 7.84. The number of aryl methyl sites for hydroxylation is 1. The van der Waals surface area contributed by atoms with Crippen molar-refractivity contribution in [2.75, 3.05) is 6.26 Å². The van der Waals surface area contributed by atoms with Gasteiger partial charge in [-0.2, -0.15) is 0 Å². The van der Waals surface area contributed by atoms with E-state index in [9.17, 15) is 13.2 Å². The maximum atomic E-state index is 11.9. The number of rotatable bonds is 3. The van der Waals surface area contributed by atoms with E-state index >= 15 is 0 Å². The van der Waals surface area contributed by atoms with Crippen LogP contribution in [-0.4, -0.2) is 20.6 Å². The molecule has 0 saturated heterocycles. The average Bonchev–Trinajstić information content (AvgIpc) is 2.38. The first-order chi connectivity index (χ1) is 9.36. The summed E-state index contributed by atoms with van der Waals surface area (Å²) < 4.78 is 27.9. The van der Waals surface area contributed by atoms with Crippen LogP contribution >= 0.6 is 0 Å². The molecule has 2 aromatic carbocycles. The van der Waals surface area contributed by atoms with Crippen LogP contribution < -0.4 is 4.74 Å². The summed E-state index contributed by atoms with van der Waals surface area (Å²) in [6.45, 7) is 1.90. The van der Waals surface area contributed by atoms with Crippen LogP contribution in [0.3, 0.4) is 0 Å². The van der Waals surface area contributed by atoms with Gasteiger partial charge < -0.3 is 4.74 Å². The van der Waals surface area contributed by atoms with E-state index in [0.717, 1.165) is 11.8 Å². The Labute approximate surface area is 117 Å². The Morgan fingerprint density at radius 2 is 1.70 bits per heavy atom. The van der Waals surface area contributed by atoms with Gasteiger partial charge in [0.15, 0.2) is 9.84 Å². The van der Waals surface area contributed by atoms with Crippen LogP contribution in [-0.2, 0) is 9.84 Å². The summed E-state index contributed by atoms with van der Waals surface area (Å²) in [5.74, 6) is -0.0576. The quantitative estimate of drug-likeness (QED) is 0.644. The third-order valence-corrected chi connectivity index (χ3v) is 3.85. The van der Waals surface area contributed by atoms with E-state index in [1.807, 2.05) is 13.0 Å². The van der Waals surface area contributed by atoms with Crippen molar-refractivity contribution in [1.29, 1.82) is 0 Å². The third-order valence-electron chi connectivity index (χ3n) is 2.72. The fraction of sp³-hybridized carbons (Fsp3) is 0.133. The van der Waals surface area contributed by atoms with Crippen molar-refractivity contribution in [1.82, 2.24) is 0 Å². The van der Waals surface area contributed by atoms with Gasteiger partial charge in [-0.05, 0) is 48.9 Å². The van der Waals surface area contributed by atoms with Crippen LogP contribution in [0.5, 0.6) is 5.75 Å². The number of ether oxygens (including phenoxy) is 1. The van der Waals surface area contributed by atoms with E-state index in [2.05, 4.69) is 0 Å². The topological polar surface area (TPSA) is 60.4 Å². The zero-order valence-electron chi connectivity index (χ0n) is 11.2.